The Labute approximate surface area is 175 Å². The second kappa shape index (κ2) is 11.5. The first-order valence-corrected chi connectivity index (χ1v) is 10.9. The summed E-state index contributed by atoms with van der Waals surface area (Å²) in [5, 5.41) is 2.97. The molecule has 156 valence electrons. The molecule has 0 heterocycles. The lowest BCUT2D eigenvalue weighted by Gasteiger charge is -2.08. The normalized spacial score (nSPS) is 11.1. The fraction of sp³-hybridized carbons (Fsp3) is 0.300. The molecule has 0 aliphatic carbocycles. The fourth-order valence-corrected chi connectivity index (χ4v) is 3.77. The molecule has 0 aliphatic rings. The van der Waals surface area contributed by atoms with Crippen molar-refractivity contribution in [1.82, 2.24) is 10.0 Å². The number of rotatable bonds is 11. The standard InChI is InChI=1S/C20H23ClN2O5S/c21-17-9-4-10-18(14-17)29(26,27)23-13-11-20(25)28-15-19(24)22-12-5-8-16-6-2-1-3-7-16/h1-4,6-7,9-10,14,23H,5,8,11-13,15H2,(H,22,24). The third-order valence-corrected chi connectivity index (χ3v) is 5.59. The first kappa shape index (κ1) is 22.9. The van der Waals surface area contributed by atoms with Crippen molar-refractivity contribution in [3.8, 4) is 0 Å². The van der Waals surface area contributed by atoms with Crippen LogP contribution < -0.4 is 10.0 Å². The molecule has 2 rings (SSSR count). The maximum absolute atomic E-state index is 12.1. The van der Waals surface area contributed by atoms with Crippen molar-refractivity contribution in [2.24, 2.45) is 0 Å². The average molecular weight is 439 g/mol. The van der Waals surface area contributed by atoms with Crippen molar-refractivity contribution in [1.29, 1.82) is 0 Å². The van der Waals surface area contributed by atoms with Crippen LogP contribution in [0.2, 0.25) is 5.02 Å². The number of nitrogens with one attached hydrogen (secondary N) is 2. The summed E-state index contributed by atoms with van der Waals surface area (Å²) in [4.78, 5) is 23.4. The molecule has 0 atom stereocenters. The van der Waals surface area contributed by atoms with Crippen molar-refractivity contribution < 1.29 is 22.7 Å². The predicted molar refractivity (Wildman–Crippen MR) is 110 cm³/mol. The van der Waals surface area contributed by atoms with E-state index in [2.05, 4.69) is 10.0 Å². The Morgan fingerprint density at radius 3 is 2.48 bits per heavy atom. The Morgan fingerprint density at radius 2 is 1.76 bits per heavy atom. The molecule has 0 aromatic heterocycles. The van der Waals surface area contributed by atoms with Gasteiger partial charge in [-0.05, 0) is 36.6 Å². The van der Waals surface area contributed by atoms with Gasteiger partial charge in [0.05, 0.1) is 11.3 Å². The number of ether oxygens (including phenoxy) is 1. The van der Waals surface area contributed by atoms with Crippen LogP contribution in [0.3, 0.4) is 0 Å². The summed E-state index contributed by atoms with van der Waals surface area (Å²) in [6.45, 7) is -0.0672. The van der Waals surface area contributed by atoms with E-state index in [-0.39, 0.29) is 17.9 Å². The highest BCUT2D eigenvalue weighted by Gasteiger charge is 2.15. The van der Waals surface area contributed by atoms with Gasteiger partial charge in [0.15, 0.2) is 6.61 Å². The molecule has 2 aromatic carbocycles. The minimum absolute atomic E-state index is 0.00764. The molecule has 9 heteroatoms. The van der Waals surface area contributed by atoms with Gasteiger partial charge in [-0.15, -0.1) is 0 Å². The molecule has 1 amide bonds. The largest absolute Gasteiger partial charge is 0.456 e. The smallest absolute Gasteiger partial charge is 0.307 e. The number of benzene rings is 2. The van der Waals surface area contributed by atoms with E-state index in [1.807, 2.05) is 30.3 Å². The molecule has 0 unspecified atom stereocenters. The van der Waals surface area contributed by atoms with Gasteiger partial charge in [-0.25, -0.2) is 13.1 Å². The first-order valence-electron chi connectivity index (χ1n) is 9.08. The summed E-state index contributed by atoms with van der Waals surface area (Å²) in [7, 11) is -3.77. The number of hydrogen-bond acceptors (Lipinski definition) is 5. The number of halogens is 1. The number of sulfonamides is 1. The quantitative estimate of drug-likeness (QED) is 0.414. The van der Waals surface area contributed by atoms with E-state index < -0.39 is 28.5 Å². The topological polar surface area (TPSA) is 102 Å². The minimum Gasteiger partial charge on any atom is -0.456 e. The Hall–Kier alpha value is -2.42. The van der Waals surface area contributed by atoms with Crippen LogP contribution in [0.15, 0.2) is 59.5 Å². The second-order valence-corrected chi connectivity index (χ2v) is 8.41. The van der Waals surface area contributed by atoms with Crippen LogP contribution in [0.4, 0.5) is 0 Å². The molecule has 0 radical (unpaired) electrons. The van der Waals surface area contributed by atoms with Crippen LogP contribution in [-0.2, 0) is 30.8 Å². The highest BCUT2D eigenvalue weighted by atomic mass is 35.5. The zero-order chi connectivity index (χ0) is 21.1. The van der Waals surface area contributed by atoms with Gasteiger partial charge in [0.1, 0.15) is 0 Å². The number of amides is 1. The molecule has 0 bridgehead atoms. The molecule has 2 aromatic rings. The van der Waals surface area contributed by atoms with Crippen LogP contribution >= 0.6 is 11.6 Å². The summed E-state index contributed by atoms with van der Waals surface area (Å²) in [6, 6.07) is 15.7. The summed E-state index contributed by atoms with van der Waals surface area (Å²) in [5.74, 6) is -1.07. The van der Waals surface area contributed by atoms with Gasteiger partial charge >= 0.3 is 5.97 Å². The van der Waals surface area contributed by atoms with Gasteiger partial charge in [-0.3, -0.25) is 9.59 Å². The molecular weight excluding hydrogens is 416 g/mol. The first-order chi connectivity index (χ1) is 13.9. The monoisotopic (exact) mass is 438 g/mol. The van der Waals surface area contributed by atoms with E-state index in [4.69, 9.17) is 16.3 Å². The molecule has 29 heavy (non-hydrogen) atoms. The number of carbonyl (C=O) groups excluding carboxylic acids is 2. The third kappa shape index (κ3) is 8.64. The Kier molecular flexibility index (Phi) is 9.11. The van der Waals surface area contributed by atoms with Crippen molar-refractivity contribution >= 4 is 33.5 Å². The van der Waals surface area contributed by atoms with E-state index >= 15 is 0 Å². The third-order valence-electron chi connectivity index (χ3n) is 3.90. The van der Waals surface area contributed by atoms with Gasteiger partial charge in [0.2, 0.25) is 10.0 Å². The van der Waals surface area contributed by atoms with Crippen LogP contribution in [0.1, 0.15) is 18.4 Å². The predicted octanol–water partition coefficient (Wildman–Crippen LogP) is 2.30. The van der Waals surface area contributed by atoms with Gasteiger partial charge in [0, 0.05) is 18.1 Å². The van der Waals surface area contributed by atoms with Crippen molar-refractivity contribution in [3.63, 3.8) is 0 Å². The molecule has 2 N–H and O–H groups in total. The summed E-state index contributed by atoms with van der Waals surface area (Å²) in [5.41, 5.74) is 1.19. The maximum Gasteiger partial charge on any atom is 0.307 e. The summed E-state index contributed by atoms with van der Waals surface area (Å²) in [6.07, 6.45) is 1.42. The Balaban J connectivity index is 1.59. The zero-order valence-electron chi connectivity index (χ0n) is 15.8. The number of carbonyl (C=O) groups is 2. The van der Waals surface area contributed by atoms with Crippen molar-refractivity contribution in [3.05, 3.63) is 65.2 Å². The zero-order valence-corrected chi connectivity index (χ0v) is 17.3. The highest BCUT2D eigenvalue weighted by Crippen LogP contribution is 2.15. The summed E-state index contributed by atoms with van der Waals surface area (Å²) < 4.78 is 31.3. The van der Waals surface area contributed by atoms with Crippen LogP contribution in [0, 0.1) is 0 Å². The lowest BCUT2D eigenvalue weighted by molar-refractivity contribution is -0.148. The van der Waals surface area contributed by atoms with Gasteiger partial charge in [-0.1, -0.05) is 48.0 Å². The molecule has 0 saturated carbocycles. The fourth-order valence-electron chi connectivity index (χ4n) is 2.44. The van der Waals surface area contributed by atoms with Crippen LogP contribution in [0.5, 0.6) is 0 Å². The van der Waals surface area contributed by atoms with Gasteiger partial charge in [-0.2, -0.15) is 0 Å². The van der Waals surface area contributed by atoms with Crippen LogP contribution in [-0.4, -0.2) is 40.0 Å². The van der Waals surface area contributed by atoms with E-state index in [9.17, 15) is 18.0 Å². The lowest BCUT2D eigenvalue weighted by atomic mass is 10.1. The second-order valence-electron chi connectivity index (χ2n) is 6.20. The molecule has 0 saturated heterocycles. The maximum atomic E-state index is 12.1. The Morgan fingerprint density at radius 1 is 1.00 bits per heavy atom. The molecule has 7 nitrogen and oxygen atoms in total. The number of hydrogen-bond donors (Lipinski definition) is 2. The highest BCUT2D eigenvalue weighted by molar-refractivity contribution is 7.89. The lowest BCUT2D eigenvalue weighted by Crippen LogP contribution is -2.31. The van der Waals surface area contributed by atoms with Crippen molar-refractivity contribution in [2.75, 3.05) is 19.7 Å². The van der Waals surface area contributed by atoms with Crippen molar-refractivity contribution in [2.45, 2.75) is 24.2 Å². The van der Waals surface area contributed by atoms with E-state index in [0.29, 0.717) is 11.6 Å². The Bertz CT molecular complexity index is 919. The van der Waals surface area contributed by atoms with Crippen LogP contribution in [0.25, 0.3) is 0 Å². The molecular formula is C20H23ClN2O5S. The SMILES string of the molecule is O=C(COC(=O)CCNS(=O)(=O)c1cccc(Cl)c1)NCCCc1ccccc1. The molecule has 0 fully saturated rings. The van der Waals surface area contributed by atoms with E-state index in [1.165, 1.54) is 23.8 Å². The minimum atomic E-state index is -3.77. The number of aryl methyl sites for hydroxylation is 1. The van der Waals surface area contributed by atoms with Gasteiger partial charge < -0.3 is 10.1 Å². The van der Waals surface area contributed by atoms with Gasteiger partial charge in [0.25, 0.3) is 5.91 Å². The molecule has 0 spiro atoms. The average Bonchev–Trinajstić information content (AvgIpc) is 2.70. The summed E-state index contributed by atoms with van der Waals surface area (Å²) >= 11 is 5.78. The number of esters is 1. The van der Waals surface area contributed by atoms with E-state index in [0.717, 1.165) is 12.8 Å². The van der Waals surface area contributed by atoms with E-state index in [1.54, 1.807) is 6.07 Å². The molecule has 0 aliphatic heterocycles.